The Bertz CT molecular complexity index is 950. The van der Waals surface area contributed by atoms with Gasteiger partial charge in [-0.25, -0.2) is 4.98 Å². The van der Waals surface area contributed by atoms with Crippen LogP contribution in [0.4, 0.5) is 0 Å². The standard InChI is InChI=1S/C23H28N2O4S/c1-5-27-18-10-9-16(12-20(18)28-6-2)22(15(3)4)25-21(26)13-17-14-30-23(24-17)19-8-7-11-29-19/h7-12,14-15,22H,5-6,13H2,1-4H3,(H,25,26). The summed E-state index contributed by atoms with van der Waals surface area (Å²) in [4.78, 5) is 17.3. The minimum atomic E-state index is -0.143. The topological polar surface area (TPSA) is 73.6 Å². The van der Waals surface area contributed by atoms with Crippen LogP contribution in [0.15, 0.2) is 46.4 Å². The Morgan fingerprint density at radius 3 is 2.60 bits per heavy atom. The molecule has 6 nitrogen and oxygen atoms in total. The fourth-order valence-electron chi connectivity index (χ4n) is 3.19. The van der Waals surface area contributed by atoms with Gasteiger partial charge in [0, 0.05) is 5.38 Å². The number of hydrogen-bond donors (Lipinski definition) is 1. The number of amides is 1. The summed E-state index contributed by atoms with van der Waals surface area (Å²) in [7, 11) is 0. The zero-order chi connectivity index (χ0) is 21.5. The van der Waals surface area contributed by atoms with Crippen LogP contribution >= 0.6 is 11.3 Å². The molecular formula is C23H28N2O4S. The summed E-state index contributed by atoms with van der Waals surface area (Å²) in [5, 5.41) is 5.82. The number of nitrogens with zero attached hydrogens (tertiary/aromatic N) is 1. The highest BCUT2D eigenvalue weighted by Crippen LogP contribution is 2.33. The maximum absolute atomic E-state index is 12.8. The number of aromatic nitrogens is 1. The minimum absolute atomic E-state index is 0.0724. The van der Waals surface area contributed by atoms with Crippen molar-refractivity contribution < 1.29 is 18.7 Å². The van der Waals surface area contributed by atoms with Crippen LogP contribution in [0.3, 0.4) is 0 Å². The Labute approximate surface area is 181 Å². The molecule has 3 aromatic rings. The Morgan fingerprint density at radius 2 is 1.93 bits per heavy atom. The molecule has 2 heterocycles. The Balaban J connectivity index is 1.72. The summed E-state index contributed by atoms with van der Waals surface area (Å²) >= 11 is 1.47. The largest absolute Gasteiger partial charge is 0.490 e. The van der Waals surface area contributed by atoms with Gasteiger partial charge in [0.2, 0.25) is 5.91 Å². The summed E-state index contributed by atoms with van der Waals surface area (Å²) in [5.41, 5.74) is 1.72. The van der Waals surface area contributed by atoms with Gasteiger partial charge in [-0.15, -0.1) is 11.3 Å². The molecule has 1 unspecified atom stereocenters. The maximum atomic E-state index is 12.8. The van der Waals surface area contributed by atoms with Crippen molar-refractivity contribution in [2.24, 2.45) is 5.92 Å². The SMILES string of the molecule is CCOc1ccc(C(NC(=O)Cc2csc(-c3ccco3)n2)C(C)C)cc1OCC. The number of thiazole rings is 1. The van der Waals surface area contributed by atoms with E-state index < -0.39 is 0 Å². The molecule has 1 N–H and O–H groups in total. The van der Waals surface area contributed by atoms with Crippen LogP contribution in [-0.2, 0) is 11.2 Å². The Kier molecular flexibility index (Phi) is 7.52. The molecule has 0 fully saturated rings. The third kappa shape index (κ3) is 5.42. The lowest BCUT2D eigenvalue weighted by Gasteiger charge is -2.24. The van der Waals surface area contributed by atoms with Crippen LogP contribution in [0.2, 0.25) is 0 Å². The lowest BCUT2D eigenvalue weighted by Crippen LogP contribution is -2.33. The van der Waals surface area contributed by atoms with Gasteiger partial charge in [-0.05, 0) is 49.6 Å². The monoisotopic (exact) mass is 428 g/mol. The third-order valence-electron chi connectivity index (χ3n) is 4.54. The Hall–Kier alpha value is -2.80. The summed E-state index contributed by atoms with van der Waals surface area (Å²) < 4.78 is 16.8. The van der Waals surface area contributed by atoms with E-state index in [4.69, 9.17) is 13.9 Å². The predicted octanol–water partition coefficient (Wildman–Crippen LogP) is 5.26. The first-order valence-corrected chi connectivity index (χ1v) is 11.1. The van der Waals surface area contributed by atoms with Gasteiger partial charge in [-0.3, -0.25) is 4.79 Å². The van der Waals surface area contributed by atoms with E-state index in [2.05, 4.69) is 24.1 Å². The zero-order valence-electron chi connectivity index (χ0n) is 17.8. The molecule has 0 radical (unpaired) electrons. The Morgan fingerprint density at radius 1 is 1.17 bits per heavy atom. The van der Waals surface area contributed by atoms with Gasteiger partial charge in [-0.2, -0.15) is 0 Å². The molecule has 7 heteroatoms. The molecule has 0 saturated heterocycles. The van der Waals surface area contributed by atoms with Crippen molar-refractivity contribution in [1.82, 2.24) is 10.3 Å². The first kappa shape index (κ1) is 21.9. The van der Waals surface area contributed by atoms with Crippen LogP contribution < -0.4 is 14.8 Å². The quantitative estimate of drug-likeness (QED) is 0.477. The molecule has 0 saturated carbocycles. The van der Waals surface area contributed by atoms with Crippen LogP contribution in [0.1, 0.15) is 45.0 Å². The highest BCUT2D eigenvalue weighted by molar-refractivity contribution is 7.13. The van der Waals surface area contributed by atoms with Gasteiger partial charge in [0.15, 0.2) is 22.3 Å². The smallest absolute Gasteiger partial charge is 0.226 e. The number of rotatable bonds is 10. The predicted molar refractivity (Wildman–Crippen MR) is 118 cm³/mol. The molecule has 1 atom stereocenters. The minimum Gasteiger partial charge on any atom is -0.490 e. The second-order valence-electron chi connectivity index (χ2n) is 7.16. The lowest BCUT2D eigenvalue weighted by molar-refractivity contribution is -0.121. The number of carbonyl (C=O) groups is 1. The van der Waals surface area contributed by atoms with Gasteiger partial charge in [0.25, 0.3) is 0 Å². The molecule has 1 amide bonds. The van der Waals surface area contributed by atoms with Gasteiger partial charge < -0.3 is 19.2 Å². The number of furan rings is 1. The van der Waals surface area contributed by atoms with Gasteiger partial charge in [-0.1, -0.05) is 19.9 Å². The summed E-state index contributed by atoms with van der Waals surface area (Å²) in [6.07, 6.45) is 1.83. The average molecular weight is 429 g/mol. The number of hydrogen-bond acceptors (Lipinski definition) is 6. The molecule has 1 aromatic carbocycles. The van der Waals surface area contributed by atoms with Crippen molar-refractivity contribution in [3.63, 3.8) is 0 Å². The normalized spacial score (nSPS) is 12.0. The van der Waals surface area contributed by atoms with Crippen molar-refractivity contribution in [2.75, 3.05) is 13.2 Å². The van der Waals surface area contributed by atoms with Crippen LogP contribution in [0.25, 0.3) is 10.8 Å². The third-order valence-corrected chi connectivity index (χ3v) is 5.44. The summed E-state index contributed by atoms with van der Waals surface area (Å²) in [6, 6.07) is 9.38. The van der Waals surface area contributed by atoms with Crippen LogP contribution in [-0.4, -0.2) is 24.1 Å². The molecule has 2 aromatic heterocycles. The molecule has 3 rings (SSSR count). The number of carbonyl (C=O) groups excluding carboxylic acids is 1. The molecule has 160 valence electrons. The summed E-state index contributed by atoms with van der Waals surface area (Å²) in [5.74, 6) is 2.25. The number of nitrogens with one attached hydrogen (secondary N) is 1. The molecule has 0 bridgehead atoms. The lowest BCUT2D eigenvalue weighted by atomic mass is 9.95. The van der Waals surface area contributed by atoms with E-state index in [9.17, 15) is 4.79 Å². The number of benzene rings is 1. The molecule has 0 aliphatic rings. The first-order valence-electron chi connectivity index (χ1n) is 10.2. The van der Waals surface area contributed by atoms with Crippen LogP contribution in [0.5, 0.6) is 11.5 Å². The molecular weight excluding hydrogens is 400 g/mol. The van der Waals surface area contributed by atoms with E-state index >= 15 is 0 Å². The van der Waals surface area contributed by atoms with Crippen molar-refractivity contribution in [3.05, 3.63) is 53.2 Å². The fraction of sp³-hybridized carbons (Fsp3) is 0.391. The molecule has 0 aliphatic carbocycles. The molecule has 0 aliphatic heterocycles. The highest BCUT2D eigenvalue weighted by Gasteiger charge is 2.21. The van der Waals surface area contributed by atoms with E-state index in [0.29, 0.717) is 30.5 Å². The van der Waals surface area contributed by atoms with Crippen molar-refractivity contribution in [1.29, 1.82) is 0 Å². The van der Waals surface area contributed by atoms with Gasteiger partial charge in [0.05, 0.1) is 37.6 Å². The zero-order valence-corrected chi connectivity index (χ0v) is 18.6. The molecule has 0 spiro atoms. The fourth-order valence-corrected chi connectivity index (χ4v) is 3.97. The van der Waals surface area contributed by atoms with Crippen LogP contribution in [0, 0.1) is 5.92 Å². The van der Waals surface area contributed by atoms with E-state index in [-0.39, 0.29) is 24.3 Å². The molecule has 30 heavy (non-hydrogen) atoms. The van der Waals surface area contributed by atoms with Crippen molar-refractivity contribution in [3.8, 4) is 22.3 Å². The second kappa shape index (κ2) is 10.3. The van der Waals surface area contributed by atoms with E-state index in [0.717, 1.165) is 16.3 Å². The van der Waals surface area contributed by atoms with E-state index in [1.165, 1.54) is 11.3 Å². The van der Waals surface area contributed by atoms with Crippen molar-refractivity contribution >= 4 is 17.2 Å². The highest BCUT2D eigenvalue weighted by atomic mass is 32.1. The second-order valence-corrected chi connectivity index (χ2v) is 8.02. The summed E-state index contributed by atoms with van der Waals surface area (Å²) in [6.45, 7) is 9.16. The van der Waals surface area contributed by atoms with Gasteiger partial charge >= 0.3 is 0 Å². The van der Waals surface area contributed by atoms with E-state index in [1.807, 2.05) is 49.6 Å². The van der Waals surface area contributed by atoms with Gasteiger partial charge in [0.1, 0.15) is 0 Å². The first-order chi connectivity index (χ1) is 14.5. The van der Waals surface area contributed by atoms with Crippen molar-refractivity contribution in [2.45, 2.75) is 40.2 Å². The average Bonchev–Trinajstić information content (AvgIpc) is 3.39. The van der Waals surface area contributed by atoms with E-state index in [1.54, 1.807) is 6.26 Å². The number of ether oxygens (including phenoxy) is 2. The maximum Gasteiger partial charge on any atom is 0.226 e.